The van der Waals surface area contributed by atoms with Gasteiger partial charge in [-0.3, -0.25) is 9.78 Å². The van der Waals surface area contributed by atoms with Crippen LogP contribution in [0.25, 0.3) is 0 Å². The Balaban J connectivity index is 1.78. The third kappa shape index (κ3) is 3.95. The van der Waals surface area contributed by atoms with Crippen molar-refractivity contribution in [2.75, 3.05) is 18.9 Å². The lowest BCUT2D eigenvalue weighted by Crippen LogP contribution is -2.27. The van der Waals surface area contributed by atoms with E-state index in [2.05, 4.69) is 22.5 Å². The molecule has 0 aliphatic heterocycles. The molecular formula is C16H25N3O. The Kier molecular flexibility index (Phi) is 5.39. The van der Waals surface area contributed by atoms with Crippen LogP contribution in [0.3, 0.4) is 0 Å². The maximum absolute atomic E-state index is 12.1. The van der Waals surface area contributed by atoms with Crippen LogP contribution in [0, 0.1) is 11.8 Å². The summed E-state index contributed by atoms with van der Waals surface area (Å²) in [5.41, 5.74) is 1.44. The van der Waals surface area contributed by atoms with Crippen molar-refractivity contribution in [3.63, 3.8) is 0 Å². The smallest absolute Gasteiger partial charge is 0.253 e. The van der Waals surface area contributed by atoms with Gasteiger partial charge in [-0.05, 0) is 24.3 Å². The van der Waals surface area contributed by atoms with E-state index in [0.717, 1.165) is 30.5 Å². The molecule has 1 saturated carbocycles. The van der Waals surface area contributed by atoms with E-state index in [4.69, 9.17) is 0 Å². The quantitative estimate of drug-likeness (QED) is 0.868. The van der Waals surface area contributed by atoms with Crippen molar-refractivity contribution >= 4 is 11.6 Å². The van der Waals surface area contributed by atoms with Crippen LogP contribution in [-0.2, 0) is 0 Å². The van der Waals surface area contributed by atoms with Crippen LogP contribution >= 0.6 is 0 Å². The number of pyridine rings is 1. The van der Waals surface area contributed by atoms with Crippen molar-refractivity contribution in [1.29, 1.82) is 0 Å². The number of amides is 1. The summed E-state index contributed by atoms with van der Waals surface area (Å²) in [5, 5.41) is 6.02. The molecule has 1 fully saturated rings. The molecule has 0 atom stereocenters. The Morgan fingerprint density at radius 2 is 2.10 bits per heavy atom. The monoisotopic (exact) mass is 275 g/mol. The summed E-state index contributed by atoms with van der Waals surface area (Å²) >= 11 is 0. The van der Waals surface area contributed by atoms with Crippen LogP contribution in [0.4, 0.5) is 5.69 Å². The normalized spacial score (nSPS) is 22.3. The fourth-order valence-electron chi connectivity index (χ4n) is 2.89. The van der Waals surface area contributed by atoms with Gasteiger partial charge in [0.05, 0.1) is 17.4 Å². The zero-order valence-corrected chi connectivity index (χ0v) is 12.5. The number of anilines is 1. The van der Waals surface area contributed by atoms with Crippen LogP contribution in [0.15, 0.2) is 18.5 Å². The molecule has 1 aromatic heterocycles. The molecule has 1 aliphatic rings. The van der Waals surface area contributed by atoms with Crippen molar-refractivity contribution in [2.45, 2.75) is 39.0 Å². The molecule has 4 heteroatoms. The zero-order valence-electron chi connectivity index (χ0n) is 12.5. The summed E-state index contributed by atoms with van der Waals surface area (Å²) in [5.74, 6) is 1.66. The van der Waals surface area contributed by atoms with Gasteiger partial charge in [-0.2, -0.15) is 0 Å². The molecule has 2 rings (SSSR count). The number of nitrogens with zero attached hydrogens (tertiary/aromatic N) is 1. The number of carbonyl (C=O) groups excluding carboxylic acids is 1. The predicted octanol–water partition coefficient (Wildman–Crippen LogP) is 3.07. The molecule has 1 aromatic rings. The second-order valence-electron chi connectivity index (χ2n) is 5.84. The highest BCUT2D eigenvalue weighted by Gasteiger charge is 2.18. The van der Waals surface area contributed by atoms with E-state index in [1.54, 1.807) is 25.5 Å². The van der Waals surface area contributed by atoms with E-state index >= 15 is 0 Å². The number of aromatic nitrogens is 1. The summed E-state index contributed by atoms with van der Waals surface area (Å²) in [6.45, 7) is 3.10. The van der Waals surface area contributed by atoms with Crippen molar-refractivity contribution in [1.82, 2.24) is 10.3 Å². The van der Waals surface area contributed by atoms with Gasteiger partial charge in [0.2, 0.25) is 0 Å². The highest BCUT2D eigenvalue weighted by molar-refractivity contribution is 5.99. The van der Waals surface area contributed by atoms with Gasteiger partial charge in [0.15, 0.2) is 0 Å². The minimum Gasteiger partial charge on any atom is -0.386 e. The maximum atomic E-state index is 12.1. The molecule has 0 bridgehead atoms. The van der Waals surface area contributed by atoms with E-state index in [-0.39, 0.29) is 5.91 Å². The van der Waals surface area contributed by atoms with Gasteiger partial charge >= 0.3 is 0 Å². The number of rotatable bonds is 5. The molecule has 0 spiro atoms. The van der Waals surface area contributed by atoms with Gasteiger partial charge in [-0.25, -0.2) is 0 Å². The van der Waals surface area contributed by atoms with Crippen LogP contribution in [0.5, 0.6) is 0 Å². The Hall–Kier alpha value is -1.58. The minimum absolute atomic E-state index is 0.0130. The average Bonchev–Trinajstić information content (AvgIpc) is 2.49. The Morgan fingerprint density at radius 1 is 1.35 bits per heavy atom. The zero-order chi connectivity index (χ0) is 14.4. The molecule has 1 heterocycles. The van der Waals surface area contributed by atoms with Gasteiger partial charge in [0.25, 0.3) is 5.91 Å². The highest BCUT2D eigenvalue weighted by atomic mass is 16.1. The Bertz CT molecular complexity index is 439. The predicted molar refractivity (Wildman–Crippen MR) is 81.9 cm³/mol. The van der Waals surface area contributed by atoms with Gasteiger partial charge in [0, 0.05) is 19.8 Å². The lowest BCUT2D eigenvalue weighted by Gasteiger charge is -2.26. The summed E-state index contributed by atoms with van der Waals surface area (Å²) in [6, 6.07) is 1.75. The summed E-state index contributed by atoms with van der Waals surface area (Å²) < 4.78 is 0. The van der Waals surface area contributed by atoms with Crippen LogP contribution in [0.2, 0.25) is 0 Å². The third-order valence-corrected chi connectivity index (χ3v) is 4.31. The van der Waals surface area contributed by atoms with Crippen molar-refractivity contribution in [3.8, 4) is 0 Å². The summed E-state index contributed by atoms with van der Waals surface area (Å²) in [7, 11) is 1.80. The number of hydrogen-bond acceptors (Lipinski definition) is 3. The second kappa shape index (κ2) is 7.27. The van der Waals surface area contributed by atoms with Crippen LogP contribution in [-0.4, -0.2) is 24.5 Å². The molecular weight excluding hydrogens is 250 g/mol. The lowest BCUT2D eigenvalue weighted by atomic mass is 9.81. The molecule has 20 heavy (non-hydrogen) atoms. The van der Waals surface area contributed by atoms with Gasteiger partial charge in [-0.1, -0.05) is 32.6 Å². The first-order valence-electron chi connectivity index (χ1n) is 7.60. The van der Waals surface area contributed by atoms with Gasteiger partial charge in [-0.15, -0.1) is 0 Å². The molecule has 0 unspecified atom stereocenters. The van der Waals surface area contributed by atoms with E-state index in [0.29, 0.717) is 5.56 Å². The number of carbonyl (C=O) groups is 1. The molecule has 0 saturated heterocycles. The highest BCUT2D eigenvalue weighted by Crippen LogP contribution is 2.29. The summed E-state index contributed by atoms with van der Waals surface area (Å²) in [6.07, 6.45) is 9.73. The van der Waals surface area contributed by atoms with E-state index in [9.17, 15) is 4.79 Å². The number of hydrogen-bond donors (Lipinski definition) is 2. The molecule has 0 aromatic carbocycles. The molecule has 0 radical (unpaired) electrons. The minimum atomic E-state index is -0.0130. The van der Waals surface area contributed by atoms with Gasteiger partial charge < -0.3 is 10.6 Å². The van der Waals surface area contributed by atoms with Crippen molar-refractivity contribution < 1.29 is 4.79 Å². The molecule has 1 amide bonds. The maximum Gasteiger partial charge on any atom is 0.253 e. The Morgan fingerprint density at radius 3 is 2.80 bits per heavy atom. The van der Waals surface area contributed by atoms with Crippen LogP contribution < -0.4 is 10.6 Å². The fraction of sp³-hybridized carbons (Fsp3) is 0.625. The third-order valence-electron chi connectivity index (χ3n) is 4.31. The van der Waals surface area contributed by atoms with E-state index < -0.39 is 0 Å². The van der Waals surface area contributed by atoms with Gasteiger partial charge in [0.1, 0.15) is 0 Å². The fourth-order valence-corrected chi connectivity index (χ4v) is 2.89. The summed E-state index contributed by atoms with van der Waals surface area (Å²) in [4.78, 5) is 16.2. The van der Waals surface area contributed by atoms with Crippen LogP contribution in [0.1, 0.15) is 49.4 Å². The molecule has 1 aliphatic carbocycles. The largest absolute Gasteiger partial charge is 0.386 e. The molecule has 2 N–H and O–H groups in total. The standard InChI is InChI=1S/C16H25N3O/c1-12-3-5-13(6-4-12)7-10-19-16(20)14-8-9-18-11-15(14)17-2/h8-9,11-13,17H,3-7,10H2,1-2H3,(H,19,20). The first kappa shape index (κ1) is 14.8. The first-order valence-corrected chi connectivity index (χ1v) is 7.60. The van der Waals surface area contributed by atoms with E-state index in [1.165, 1.54) is 25.7 Å². The topological polar surface area (TPSA) is 54.0 Å². The van der Waals surface area contributed by atoms with Crippen molar-refractivity contribution in [3.05, 3.63) is 24.0 Å². The SMILES string of the molecule is CNc1cnccc1C(=O)NCCC1CCC(C)CC1. The average molecular weight is 275 g/mol. The van der Waals surface area contributed by atoms with E-state index in [1.807, 2.05) is 0 Å². The second-order valence-corrected chi connectivity index (χ2v) is 5.84. The van der Waals surface area contributed by atoms with Crippen molar-refractivity contribution in [2.24, 2.45) is 11.8 Å². The first-order chi connectivity index (χ1) is 9.70. The Labute approximate surface area is 121 Å². The molecule has 110 valence electrons. The number of nitrogens with one attached hydrogen (secondary N) is 2. The lowest BCUT2D eigenvalue weighted by molar-refractivity contribution is 0.0950. The molecule has 4 nitrogen and oxygen atoms in total.